The summed E-state index contributed by atoms with van der Waals surface area (Å²) in [5.74, 6) is 2.79. The van der Waals surface area contributed by atoms with Crippen molar-refractivity contribution in [3.05, 3.63) is 0 Å². The molecule has 0 aromatic carbocycles. The first kappa shape index (κ1) is 12.0. The minimum atomic E-state index is 0.792. The fourth-order valence-electron chi connectivity index (χ4n) is 2.98. The molecule has 0 aromatic rings. The Labute approximate surface area is 89.7 Å². The maximum atomic E-state index is 3.50. The van der Waals surface area contributed by atoms with Crippen LogP contribution in [0.25, 0.3) is 0 Å². The van der Waals surface area contributed by atoms with Gasteiger partial charge in [0.25, 0.3) is 0 Å². The molecule has 0 saturated heterocycles. The molecule has 1 heteroatoms. The molecule has 0 amide bonds. The summed E-state index contributed by atoms with van der Waals surface area (Å²) in [5.41, 5.74) is 0. The van der Waals surface area contributed by atoms with Crippen molar-refractivity contribution < 1.29 is 0 Å². The van der Waals surface area contributed by atoms with Gasteiger partial charge in [0.05, 0.1) is 0 Å². The molecule has 1 N–H and O–H groups in total. The molecular formula is C13H27N. The van der Waals surface area contributed by atoms with Crippen LogP contribution in [0, 0.1) is 17.8 Å². The summed E-state index contributed by atoms with van der Waals surface area (Å²) in [7, 11) is 2.13. The van der Waals surface area contributed by atoms with Crippen molar-refractivity contribution in [2.45, 2.75) is 58.9 Å². The van der Waals surface area contributed by atoms with Gasteiger partial charge in [-0.3, -0.25) is 0 Å². The van der Waals surface area contributed by atoms with Crippen molar-refractivity contribution in [3.8, 4) is 0 Å². The molecule has 1 nitrogen and oxygen atoms in total. The van der Waals surface area contributed by atoms with E-state index in [-0.39, 0.29) is 0 Å². The second-order valence-corrected chi connectivity index (χ2v) is 5.37. The summed E-state index contributed by atoms with van der Waals surface area (Å²) in [6.07, 6.45) is 7.08. The van der Waals surface area contributed by atoms with Crippen LogP contribution in [-0.4, -0.2) is 13.1 Å². The molecule has 3 unspecified atom stereocenters. The van der Waals surface area contributed by atoms with Crippen LogP contribution in [0.4, 0.5) is 0 Å². The predicted molar refractivity (Wildman–Crippen MR) is 63.4 cm³/mol. The van der Waals surface area contributed by atoms with Crippen LogP contribution in [0.5, 0.6) is 0 Å². The van der Waals surface area contributed by atoms with E-state index >= 15 is 0 Å². The lowest BCUT2D eigenvalue weighted by molar-refractivity contribution is 0.182. The molecule has 14 heavy (non-hydrogen) atoms. The monoisotopic (exact) mass is 197 g/mol. The van der Waals surface area contributed by atoms with E-state index in [1.165, 1.54) is 32.1 Å². The number of hydrogen-bond donors (Lipinski definition) is 1. The fourth-order valence-corrected chi connectivity index (χ4v) is 2.98. The third kappa shape index (κ3) is 3.27. The molecular weight excluding hydrogens is 170 g/mol. The van der Waals surface area contributed by atoms with Crippen LogP contribution >= 0.6 is 0 Å². The topological polar surface area (TPSA) is 12.0 Å². The third-order valence-corrected chi connectivity index (χ3v) is 3.81. The smallest absolute Gasteiger partial charge is 0.00926 e. The minimum absolute atomic E-state index is 0.792. The van der Waals surface area contributed by atoms with Crippen molar-refractivity contribution in [2.75, 3.05) is 7.05 Å². The minimum Gasteiger partial charge on any atom is -0.317 e. The third-order valence-electron chi connectivity index (χ3n) is 3.81. The maximum Gasteiger partial charge on any atom is 0.00926 e. The van der Waals surface area contributed by atoms with Gasteiger partial charge in [-0.25, -0.2) is 0 Å². The normalized spacial score (nSPS) is 33.6. The van der Waals surface area contributed by atoms with E-state index < -0.39 is 0 Å². The van der Waals surface area contributed by atoms with Crippen molar-refractivity contribution in [1.82, 2.24) is 5.32 Å². The van der Waals surface area contributed by atoms with Crippen molar-refractivity contribution >= 4 is 0 Å². The summed E-state index contributed by atoms with van der Waals surface area (Å²) in [5, 5.41) is 3.50. The lowest BCUT2D eigenvalue weighted by atomic mass is 9.74. The van der Waals surface area contributed by atoms with Crippen LogP contribution in [0.2, 0.25) is 0 Å². The number of rotatable bonds is 4. The first-order valence-corrected chi connectivity index (χ1v) is 6.34. The Morgan fingerprint density at radius 3 is 2.50 bits per heavy atom. The molecule has 1 fully saturated rings. The van der Waals surface area contributed by atoms with Crippen LogP contribution < -0.4 is 5.32 Å². The van der Waals surface area contributed by atoms with E-state index in [2.05, 4.69) is 33.1 Å². The van der Waals surface area contributed by atoms with Gasteiger partial charge in [0.15, 0.2) is 0 Å². The Balaban J connectivity index is 2.47. The highest BCUT2D eigenvalue weighted by Gasteiger charge is 2.28. The van der Waals surface area contributed by atoms with E-state index in [4.69, 9.17) is 0 Å². The highest BCUT2D eigenvalue weighted by atomic mass is 14.9. The highest BCUT2D eigenvalue weighted by molar-refractivity contribution is 4.84. The predicted octanol–water partition coefficient (Wildman–Crippen LogP) is 3.45. The van der Waals surface area contributed by atoms with E-state index in [0.29, 0.717) is 0 Å². The fraction of sp³-hybridized carbons (Fsp3) is 1.00. The van der Waals surface area contributed by atoms with Gasteiger partial charge in [0.2, 0.25) is 0 Å². The molecule has 0 bridgehead atoms. The van der Waals surface area contributed by atoms with E-state index in [1.54, 1.807) is 0 Å². The summed E-state index contributed by atoms with van der Waals surface area (Å²) < 4.78 is 0. The average Bonchev–Trinajstić information content (AvgIpc) is 2.16. The van der Waals surface area contributed by atoms with Gasteiger partial charge in [0, 0.05) is 6.04 Å². The Bertz CT molecular complexity index is 153. The Hall–Kier alpha value is -0.0400. The Morgan fingerprint density at radius 2 is 2.00 bits per heavy atom. The second kappa shape index (κ2) is 5.75. The van der Waals surface area contributed by atoms with Gasteiger partial charge in [-0.05, 0) is 50.5 Å². The highest BCUT2D eigenvalue weighted by Crippen LogP contribution is 2.34. The van der Waals surface area contributed by atoms with Crippen molar-refractivity contribution in [2.24, 2.45) is 17.8 Å². The van der Waals surface area contributed by atoms with Crippen LogP contribution in [0.3, 0.4) is 0 Å². The largest absolute Gasteiger partial charge is 0.317 e. The molecule has 1 saturated carbocycles. The zero-order valence-electron chi connectivity index (χ0n) is 10.3. The lowest BCUT2D eigenvalue weighted by Gasteiger charge is -2.36. The van der Waals surface area contributed by atoms with Crippen LogP contribution in [0.1, 0.15) is 52.9 Å². The molecule has 0 heterocycles. The molecule has 0 aromatic heterocycles. The second-order valence-electron chi connectivity index (χ2n) is 5.37. The molecule has 1 rings (SSSR count). The molecule has 3 atom stereocenters. The maximum absolute atomic E-state index is 3.50. The molecule has 84 valence electrons. The Kier molecular flexibility index (Phi) is 4.94. The number of hydrogen-bond acceptors (Lipinski definition) is 1. The Morgan fingerprint density at radius 1 is 1.29 bits per heavy atom. The molecule has 0 aliphatic heterocycles. The van der Waals surface area contributed by atoms with Gasteiger partial charge < -0.3 is 5.32 Å². The van der Waals surface area contributed by atoms with Crippen molar-refractivity contribution in [1.29, 1.82) is 0 Å². The van der Waals surface area contributed by atoms with E-state index in [9.17, 15) is 0 Å². The lowest BCUT2D eigenvalue weighted by Crippen LogP contribution is -2.39. The van der Waals surface area contributed by atoms with Gasteiger partial charge in [-0.1, -0.05) is 27.2 Å². The molecule has 1 aliphatic rings. The van der Waals surface area contributed by atoms with Crippen molar-refractivity contribution in [3.63, 3.8) is 0 Å². The van der Waals surface area contributed by atoms with Gasteiger partial charge in [-0.2, -0.15) is 0 Å². The summed E-state index contributed by atoms with van der Waals surface area (Å²) in [6, 6.07) is 0.792. The van der Waals surface area contributed by atoms with E-state index in [0.717, 1.165) is 23.8 Å². The first-order valence-electron chi connectivity index (χ1n) is 6.34. The quantitative estimate of drug-likeness (QED) is 0.728. The zero-order valence-corrected chi connectivity index (χ0v) is 10.3. The average molecular weight is 197 g/mol. The van der Waals surface area contributed by atoms with Gasteiger partial charge in [-0.15, -0.1) is 0 Å². The SMILES string of the molecule is CCC1CCC(NC)C(CC(C)C)C1. The van der Waals surface area contributed by atoms with Crippen LogP contribution in [0.15, 0.2) is 0 Å². The summed E-state index contributed by atoms with van der Waals surface area (Å²) >= 11 is 0. The summed E-state index contributed by atoms with van der Waals surface area (Å²) in [6.45, 7) is 7.04. The molecule has 0 spiro atoms. The van der Waals surface area contributed by atoms with E-state index in [1.807, 2.05) is 0 Å². The summed E-state index contributed by atoms with van der Waals surface area (Å²) in [4.78, 5) is 0. The van der Waals surface area contributed by atoms with Crippen LogP contribution in [-0.2, 0) is 0 Å². The van der Waals surface area contributed by atoms with Gasteiger partial charge in [0.1, 0.15) is 0 Å². The zero-order chi connectivity index (χ0) is 10.6. The first-order chi connectivity index (χ1) is 6.67. The standard InChI is InChI=1S/C13H27N/c1-5-11-6-7-13(14-4)12(9-11)8-10(2)3/h10-14H,5-9H2,1-4H3. The molecule has 1 aliphatic carbocycles. The van der Waals surface area contributed by atoms with Gasteiger partial charge >= 0.3 is 0 Å². The number of nitrogens with one attached hydrogen (secondary N) is 1. The molecule has 0 radical (unpaired) electrons.